The van der Waals surface area contributed by atoms with E-state index in [2.05, 4.69) is 26.2 Å². The highest BCUT2D eigenvalue weighted by atomic mass is 79.9. The Kier molecular flexibility index (Phi) is 4.69. The number of benzene rings is 1. The summed E-state index contributed by atoms with van der Waals surface area (Å²) >= 11 is 3.17. The fraction of sp³-hybridized carbons (Fsp3) is 0.231. The summed E-state index contributed by atoms with van der Waals surface area (Å²) < 4.78 is 5.20. The van der Waals surface area contributed by atoms with Crippen LogP contribution in [0.4, 0.5) is 11.5 Å². The molecule has 1 N–H and O–H groups in total. The van der Waals surface area contributed by atoms with Crippen LogP contribution in [0.25, 0.3) is 10.8 Å². The van der Waals surface area contributed by atoms with Crippen molar-refractivity contribution >= 4 is 44.2 Å². The first kappa shape index (κ1) is 15.2. The number of nitrogens with one attached hydrogen (secondary N) is 1. The first-order valence-electron chi connectivity index (χ1n) is 6.15. The van der Waals surface area contributed by atoms with Gasteiger partial charge in [0.05, 0.1) is 21.4 Å². The van der Waals surface area contributed by atoms with Crippen LogP contribution in [0.1, 0.15) is 6.92 Å². The lowest BCUT2D eigenvalue weighted by Gasteiger charge is -2.09. The van der Waals surface area contributed by atoms with Crippen LogP contribution in [-0.2, 0) is 9.53 Å². The van der Waals surface area contributed by atoms with Crippen LogP contribution in [0.2, 0.25) is 0 Å². The summed E-state index contributed by atoms with van der Waals surface area (Å²) in [5.74, 6) is -0.0148. The number of hydrogen-bond donors (Lipinski definition) is 1. The summed E-state index contributed by atoms with van der Waals surface area (Å²) in [6.07, 6.45) is 1.45. The van der Waals surface area contributed by atoms with Crippen molar-refractivity contribution in [3.05, 3.63) is 39.0 Å². The topological polar surface area (TPSA) is 94.4 Å². The predicted octanol–water partition coefficient (Wildman–Crippen LogP) is 2.88. The number of carbonyl (C=O) groups is 1. The highest BCUT2D eigenvalue weighted by Crippen LogP contribution is 2.35. The van der Waals surface area contributed by atoms with E-state index in [0.717, 1.165) is 0 Å². The van der Waals surface area contributed by atoms with Crippen LogP contribution < -0.4 is 5.32 Å². The zero-order chi connectivity index (χ0) is 15.4. The summed E-state index contributed by atoms with van der Waals surface area (Å²) in [5, 5.41) is 15.0. The van der Waals surface area contributed by atoms with Gasteiger partial charge in [-0.15, -0.1) is 0 Å². The molecule has 0 aliphatic heterocycles. The minimum absolute atomic E-state index is 0.0333. The average Bonchev–Trinajstić information content (AvgIpc) is 2.44. The Morgan fingerprint density at radius 2 is 2.19 bits per heavy atom. The van der Waals surface area contributed by atoms with Gasteiger partial charge in [-0.3, -0.25) is 14.9 Å². The molecule has 0 aliphatic rings. The molecule has 0 unspecified atom stereocenters. The molecule has 21 heavy (non-hydrogen) atoms. The van der Waals surface area contributed by atoms with Gasteiger partial charge in [-0.1, -0.05) is 0 Å². The third-order valence-electron chi connectivity index (χ3n) is 2.76. The molecule has 2 aromatic rings. The van der Waals surface area contributed by atoms with E-state index < -0.39 is 10.9 Å². The van der Waals surface area contributed by atoms with Gasteiger partial charge in [-0.05, 0) is 41.1 Å². The van der Waals surface area contributed by atoms with Gasteiger partial charge in [-0.2, -0.15) is 0 Å². The van der Waals surface area contributed by atoms with Gasteiger partial charge in [0.15, 0.2) is 0 Å². The number of ether oxygens (including phenoxy) is 1. The van der Waals surface area contributed by atoms with E-state index >= 15 is 0 Å². The molecule has 0 atom stereocenters. The van der Waals surface area contributed by atoms with E-state index in [1.165, 1.54) is 6.20 Å². The van der Waals surface area contributed by atoms with E-state index in [0.29, 0.717) is 27.7 Å². The van der Waals surface area contributed by atoms with Crippen LogP contribution in [0.5, 0.6) is 0 Å². The van der Waals surface area contributed by atoms with Crippen LogP contribution >= 0.6 is 15.9 Å². The Morgan fingerprint density at radius 1 is 1.43 bits per heavy atom. The van der Waals surface area contributed by atoms with Crippen molar-refractivity contribution in [1.82, 2.24) is 4.98 Å². The summed E-state index contributed by atoms with van der Waals surface area (Å²) in [5.41, 5.74) is -0.0333. The van der Waals surface area contributed by atoms with Crippen molar-refractivity contribution in [2.45, 2.75) is 6.92 Å². The van der Waals surface area contributed by atoms with Gasteiger partial charge < -0.3 is 10.1 Å². The van der Waals surface area contributed by atoms with Crippen molar-refractivity contribution in [1.29, 1.82) is 0 Å². The first-order chi connectivity index (χ1) is 10.0. The molecule has 0 fully saturated rings. The van der Waals surface area contributed by atoms with E-state index in [1.54, 1.807) is 25.1 Å². The second-order valence-electron chi connectivity index (χ2n) is 4.07. The van der Waals surface area contributed by atoms with Gasteiger partial charge in [-0.25, -0.2) is 4.98 Å². The third kappa shape index (κ3) is 3.27. The van der Waals surface area contributed by atoms with Crippen LogP contribution in [0.3, 0.4) is 0 Å². The number of hydrogen-bond acceptors (Lipinski definition) is 6. The van der Waals surface area contributed by atoms with Crippen LogP contribution in [0, 0.1) is 10.1 Å². The first-order valence-corrected chi connectivity index (χ1v) is 6.95. The van der Waals surface area contributed by atoms with Crippen LogP contribution in [0.15, 0.2) is 28.9 Å². The molecule has 7 nitrogen and oxygen atoms in total. The molecule has 1 aromatic carbocycles. The van der Waals surface area contributed by atoms with Gasteiger partial charge in [0, 0.05) is 11.6 Å². The Hall–Kier alpha value is -2.22. The Morgan fingerprint density at radius 3 is 2.86 bits per heavy atom. The lowest BCUT2D eigenvalue weighted by Crippen LogP contribution is -2.17. The minimum atomic E-state index is -0.457. The molecule has 0 aliphatic carbocycles. The molecular weight excluding hydrogens is 342 g/mol. The fourth-order valence-electron chi connectivity index (χ4n) is 1.91. The highest BCUT2D eigenvalue weighted by molar-refractivity contribution is 9.10. The van der Waals surface area contributed by atoms with Gasteiger partial charge in [0.1, 0.15) is 12.4 Å². The number of fused-ring (bicyclic) bond motifs is 1. The number of pyridine rings is 1. The molecule has 110 valence electrons. The maximum atomic E-state index is 11.4. The average molecular weight is 354 g/mol. The normalized spacial score (nSPS) is 10.4. The summed E-state index contributed by atoms with van der Waals surface area (Å²) in [6, 6.07) is 4.85. The number of halogens is 1. The van der Waals surface area contributed by atoms with Crippen molar-refractivity contribution in [3.8, 4) is 0 Å². The quantitative estimate of drug-likeness (QED) is 0.504. The zero-order valence-corrected chi connectivity index (χ0v) is 12.7. The second kappa shape index (κ2) is 6.49. The molecule has 0 amide bonds. The van der Waals surface area contributed by atoms with Crippen molar-refractivity contribution in [3.63, 3.8) is 0 Å². The molecule has 1 heterocycles. The fourth-order valence-corrected chi connectivity index (χ4v) is 2.40. The number of nitro benzene ring substituents is 1. The molecule has 2 rings (SSSR count). The largest absolute Gasteiger partial charge is 0.465 e. The second-order valence-corrected chi connectivity index (χ2v) is 4.92. The SMILES string of the molecule is CCOC(=O)CNc1nccc2c([N+](=O)[O-])c(Br)ccc12. The predicted molar refractivity (Wildman–Crippen MR) is 81.2 cm³/mol. The molecule has 0 saturated heterocycles. The lowest BCUT2D eigenvalue weighted by atomic mass is 10.1. The molecule has 1 aromatic heterocycles. The standard InChI is InChI=1S/C13H12BrN3O4/c1-2-21-11(18)7-16-13-9-3-4-10(14)12(17(19)20)8(9)5-6-15-13/h3-6H,2,7H2,1H3,(H,15,16). The number of nitrogens with zero attached hydrogens (tertiary/aromatic N) is 2. The Balaban J connectivity index is 2.40. The number of esters is 1. The maximum Gasteiger partial charge on any atom is 0.325 e. The molecule has 0 bridgehead atoms. The molecule has 0 spiro atoms. The molecule has 0 saturated carbocycles. The monoisotopic (exact) mass is 353 g/mol. The molecular formula is C13H12BrN3O4. The molecule has 8 heteroatoms. The van der Waals surface area contributed by atoms with E-state index in [-0.39, 0.29) is 12.2 Å². The summed E-state index contributed by atoms with van der Waals surface area (Å²) in [6.45, 7) is 1.96. The zero-order valence-electron chi connectivity index (χ0n) is 11.1. The smallest absolute Gasteiger partial charge is 0.325 e. The van der Waals surface area contributed by atoms with Gasteiger partial charge in [0.25, 0.3) is 5.69 Å². The van der Waals surface area contributed by atoms with Crippen molar-refractivity contribution in [2.24, 2.45) is 0 Å². The number of carbonyl (C=O) groups excluding carboxylic acids is 1. The Bertz CT molecular complexity index is 705. The van der Waals surface area contributed by atoms with Crippen molar-refractivity contribution < 1.29 is 14.5 Å². The van der Waals surface area contributed by atoms with Gasteiger partial charge in [0.2, 0.25) is 0 Å². The van der Waals surface area contributed by atoms with E-state index in [9.17, 15) is 14.9 Å². The lowest BCUT2D eigenvalue weighted by molar-refractivity contribution is -0.383. The number of rotatable bonds is 5. The van der Waals surface area contributed by atoms with Gasteiger partial charge >= 0.3 is 5.97 Å². The Labute approximate surface area is 128 Å². The van der Waals surface area contributed by atoms with E-state index in [1.807, 2.05) is 0 Å². The minimum Gasteiger partial charge on any atom is -0.465 e. The molecule has 0 radical (unpaired) electrons. The number of anilines is 1. The highest BCUT2D eigenvalue weighted by Gasteiger charge is 2.18. The van der Waals surface area contributed by atoms with E-state index in [4.69, 9.17) is 4.74 Å². The number of nitro groups is 1. The third-order valence-corrected chi connectivity index (χ3v) is 3.40. The summed E-state index contributed by atoms with van der Waals surface area (Å²) in [4.78, 5) is 26.2. The number of aromatic nitrogens is 1. The van der Waals surface area contributed by atoms with Crippen molar-refractivity contribution in [2.75, 3.05) is 18.5 Å². The summed E-state index contributed by atoms with van der Waals surface area (Å²) in [7, 11) is 0. The van der Waals surface area contributed by atoms with Crippen LogP contribution in [-0.4, -0.2) is 29.0 Å². The maximum absolute atomic E-state index is 11.4.